The maximum atomic E-state index is 13.6. The first-order valence-electron chi connectivity index (χ1n) is 11.0. The largest absolute Gasteiger partial charge is 0.494 e. The van der Waals surface area contributed by atoms with E-state index < -0.39 is 0 Å². The third-order valence-electron chi connectivity index (χ3n) is 5.83. The molecule has 1 aliphatic rings. The van der Waals surface area contributed by atoms with E-state index >= 15 is 0 Å². The lowest BCUT2D eigenvalue weighted by Crippen LogP contribution is -2.37. The van der Waals surface area contributed by atoms with Gasteiger partial charge in [-0.3, -0.25) is 4.79 Å². The summed E-state index contributed by atoms with van der Waals surface area (Å²) in [5.74, 6) is 0.301. The molecule has 0 unspecified atom stereocenters. The Bertz CT molecular complexity index is 1460. The van der Waals surface area contributed by atoms with Gasteiger partial charge in [0.15, 0.2) is 5.82 Å². The second kappa shape index (κ2) is 9.29. The van der Waals surface area contributed by atoms with Crippen molar-refractivity contribution in [3.05, 3.63) is 87.3 Å². The monoisotopic (exact) mass is 474 g/mol. The van der Waals surface area contributed by atoms with Crippen molar-refractivity contribution in [1.82, 2.24) is 9.55 Å². The average Bonchev–Trinajstić information content (AvgIpc) is 2.85. The number of benzene rings is 2. The molecule has 8 heteroatoms. The first-order chi connectivity index (χ1) is 16.5. The van der Waals surface area contributed by atoms with Gasteiger partial charge < -0.3 is 14.7 Å². The minimum Gasteiger partial charge on any atom is -0.494 e. The van der Waals surface area contributed by atoms with E-state index in [2.05, 4.69) is 14.9 Å². The predicted octanol–water partition coefficient (Wildman–Crippen LogP) is 4.64. The lowest BCUT2D eigenvalue weighted by Gasteiger charge is -2.31. The van der Waals surface area contributed by atoms with Gasteiger partial charge in [-0.25, -0.2) is 14.5 Å². The number of morpholine rings is 1. The van der Waals surface area contributed by atoms with E-state index in [1.54, 1.807) is 42.6 Å². The maximum absolute atomic E-state index is 13.6. The average molecular weight is 475 g/mol. The van der Waals surface area contributed by atoms with Gasteiger partial charge in [0.25, 0.3) is 5.56 Å². The van der Waals surface area contributed by atoms with Crippen LogP contribution in [0.3, 0.4) is 0 Å². The molecule has 1 saturated heterocycles. The highest BCUT2D eigenvalue weighted by Gasteiger charge is 2.22. The Morgan fingerprint density at radius 3 is 2.56 bits per heavy atom. The van der Waals surface area contributed by atoms with Crippen LogP contribution in [0.5, 0.6) is 5.88 Å². The first kappa shape index (κ1) is 22.1. The van der Waals surface area contributed by atoms with E-state index in [9.17, 15) is 9.90 Å². The van der Waals surface area contributed by atoms with Crippen LogP contribution in [0.4, 0.5) is 11.5 Å². The third-order valence-corrected chi connectivity index (χ3v) is 6.07. The highest BCUT2D eigenvalue weighted by Crippen LogP contribution is 2.33. The molecule has 1 N–H and O–H groups in total. The fraction of sp³-hybridized carbons (Fsp3) is 0.192. The molecule has 0 atom stereocenters. The number of aromatic nitrogens is 2. The summed E-state index contributed by atoms with van der Waals surface area (Å²) < 4.78 is 6.80. The lowest BCUT2D eigenvalue weighted by atomic mass is 10.1. The number of nitrogens with zero attached hydrogens (tertiary/aromatic N) is 4. The first-order valence-corrected chi connectivity index (χ1v) is 11.4. The van der Waals surface area contributed by atoms with Crippen molar-refractivity contribution >= 4 is 40.1 Å². The van der Waals surface area contributed by atoms with Crippen LogP contribution in [-0.4, -0.2) is 47.2 Å². The summed E-state index contributed by atoms with van der Waals surface area (Å²) in [6.45, 7) is 4.40. The second-order valence-electron chi connectivity index (χ2n) is 8.05. The number of anilines is 1. The summed E-state index contributed by atoms with van der Waals surface area (Å²) in [6, 6.07) is 18.1. The maximum Gasteiger partial charge on any atom is 0.265 e. The Kier molecular flexibility index (Phi) is 6.04. The SMILES string of the molecule is Cc1cccc(/N=C/c2c(O)n(-c3cc(Cl)ccc3N3CCOCC3)c(=O)c3ccccc23)n1. The molecular weight excluding hydrogens is 452 g/mol. The quantitative estimate of drug-likeness (QED) is 0.436. The van der Waals surface area contributed by atoms with Crippen LogP contribution in [0.25, 0.3) is 16.5 Å². The van der Waals surface area contributed by atoms with E-state index in [-0.39, 0.29) is 11.4 Å². The zero-order valence-corrected chi connectivity index (χ0v) is 19.4. The van der Waals surface area contributed by atoms with Crippen LogP contribution in [0, 0.1) is 6.92 Å². The molecule has 7 nitrogen and oxygen atoms in total. The molecule has 1 fully saturated rings. The number of rotatable bonds is 4. The number of hydrogen-bond donors (Lipinski definition) is 1. The molecule has 0 aliphatic carbocycles. The number of aromatic hydroxyl groups is 1. The van der Waals surface area contributed by atoms with Gasteiger partial charge in [-0.05, 0) is 43.3 Å². The fourth-order valence-corrected chi connectivity index (χ4v) is 4.36. The highest BCUT2D eigenvalue weighted by atomic mass is 35.5. The zero-order valence-electron chi connectivity index (χ0n) is 18.6. The van der Waals surface area contributed by atoms with Crippen LogP contribution in [0.1, 0.15) is 11.3 Å². The number of pyridine rings is 2. The number of aryl methyl sites for hydroxylation is 1. The summed E-state index contributed by atoms with van der Waals surface area (Å²) in [4.78, 5) is 24.6. The Morgan fingerprint density at radius 1 is 1.03 bits per heavy atom. The summed E-state index contributed by atoms with van der Waals surface area (Å²) in [5, 5.41) is 13.0. The Hall–Kier alpha value is -3.68. The van der Waals surface area contributed by atoms with Crippen molar-refractivity contribution in [1.29, 1.82) is 0 Å². The number of hydrogen-bond acceptors (Lipinski definition) is 6. The summed E-state index contributed by atoms with van der Waals surface area (Å²) in [6.07, 6.45) is 1.55. The molecule has 0 spiro atoms. The van der Waals surface area contributed by atoms with Crippen LogP contribution in [0.2, 0.25) is 5.02 Å². The molecule has 3 heterocycles. The van der Waals surface area contributed by atoms with Gasteiger partial charge in [0.05, 0.1) is 30.2 Å². The second-order valence-corrected chi connectivity index (χ2v) is 8.49. The van der Waals surface area contributed by atoms with E-state index in [1.165, 1.54) is 4.57 Å². The highest BCUT2D eigenvalue weighted by molar-refractivity contribution is 6.30. The van der Waals surface area contributed by atoms with Crippen LogP contribution in [-0.2, 0) is 4.74 Å². The topological polar surface area (TPSA) is 80.0 Å². The van der Waals surface area contributed by atoms with Crippen LogP contribution >= 0.6 is 11.6 Å². The number of aliphatic imine (C=N–C) groups is 1. The molecule has 5 rings (SSSR count). The van der Waals surface area contributed by atoms with Gasteiger partial charge in [-0.2, -0.15) is 0 Å². The van der Waals surface area contributed by atoms with Gasteiger partial charge in [-0.15, -0.1) is 0 Å². The number of ether oxygens (including phenoxy) is 1. The Morgan fingerprint density at radius 2 is 1.79 bits per heavy atom. The molecule has 172 valence electrons. The zero-order chi connectivity index (χ0) is 23.7. The summed E-state index contributed by atoms with van der Waals surface area (Å²) >= 11 is 6.35. The van der Waals surface area contributed by atoms with Crippen LogP contribution < -0.4 is 10.5 Å². The minimum atomic E-state index is -0.337. The van der Waals surface area contributed by atoms with Gasteiger partial charge >= 0.3 is 0 Å². The number of halogens is 1. The molecule has 0 radical (unpaired) electrons. The number of fused-ring (bicyclic) bond motifs is 1. The van der Waals surface area contributed by atoms with Crippen molar-refractivity contribution in [3.8, 4) is 11.6 Å². The molecule has 4 aromatic rings. The molecule has 2 aromatic heterocycles. The fourth-order valence-electron chi connectivity index (χ4n) is 4.19. The van der Waals surface area contributed by atoms with Gasteiger partial charge in [-0.1, -0.05) is 35.9 Å². The third kappa shape index (κ3) is 4.16. The molecule has 2 aromatic carbocycles. The minimum absolute atomic E-state index is 0.211. The molecule has 1 aliphatic heterocycles. The predicted molar refractivity (Wildman–Crippen MR) is 135 cm³/mol. The van der Waals surface area contributed by atoms with E-state index in [0.717, 1.165) is 11.4 Å². The van der Waals surface area contributed by atoms with Gasteiger partial charge in [0.2, 0.25) is 5.88 Å². The molecule has 0 amide bonds. The Labute approximate surface area is 201 Å². The smallest absolute Gasteiger partial charge is 0.265 e. The van der Waals surface area contributed by atoms with Gasteiger partial charge in [0, 0.05) is 40.8 Å². The summed E-state index contributed by atoms with van der Waals surface area (Å²) in [5.41, 5.74) is 2.22. The van der Waals surface area contributed by atoms with Crippen molar-refractivity contribution in [2.75, 3.05) is 31.2 Å². The van der Waals surface area contributed by atoms with Crippen molar-refractivity contribution in [3.63, 3.8) is 0 Å². The van der Waals surface area contributed by atoms with Crippen molar-refractivity contribution in [2.24, 2.45) is 4.99 Å². The Balaban J connectivity index is 1.75. The standard InChI is InChI=1S/C26H23ClN4O3/c1-17-5-4-8-24(29-17)28-16-21-19-6-2-3-7-20(19)25(32)31(26(21)33)23-15-18(27)9-10-22(23)30-11-13-34-14-12-30/h2-10,15-16,33H,11-14H2,1H3/b28-16+. The lowest BCUT2D eigenvalue weighted by molar-refractivity contribution is 0.122. The van der Waals surface area contributed by atoms with Gasteiger partial charge in [0.1, 0.15) is 0 Å². The van der Waals surface area contributed by atoms with E-state index in [1.807, 2.05) is 31.2 Å². The van der Waals surface area contributed by atoms with Crippen LogP contribution in [0.15, 0.2) is 70.5 Å². The molecule has 0 bridgehead atoms. The van der Waals surface area contributed by atoms with E-state index in [4.69, 9.17) is 16.3 Å². The van der Waals surface area contributed by atoms with Crippen molar-refractivity contribution in [2.45, 2.75) is 6.92 Å². The van der Waals surface area contributed by atoms with Crippen molar-refractivity contribution < 1.29 is 9.84 Å². The molecular formula is C26H23ClN4O3. The summed E-state index contributed by atoms with van der Waals surface area (Å²) in [7, 11) is 0. The molecule has 34 heavy (non-hydrogen) atoms. The normalized spacial score (nSPS) is 14.2. The van der Waals surface area contributed by atoms with E-state index in [0.29, 0.717) is 59.2 Å². The molecule has 0 saturated carbocycles.